The van der Waals surface area contributed by atoms with Gasteiger partial charge in [0.05, 0.1) is 0 Å². The molecule has 6 bridgehead atoms. The summed E-state index contributed by atoms with van der Waals surface area (Å²) in [6, 6.07) is 17.7. The fraction of sp³-hybridized carbons (Fsp3) is 0.394. The quantitative estimate of drug-likeness (QED) is 0.364. The number of rotatable bonds is 0. The smallest absolute Gasteiger partial charge is 0.00299 e. The fourth-order valence-electron chi connectivity index (χ4n) is 6.58. The van der Waals surface area contributed by atoms with Crippen molar-refractivity contribution in [1.29, 1.82) is 0 Å². The van der Waals surface area contributed by atoms with Crippen LogP contribution < -0.4 is 0 Å². The molecule has 7 aliphatic carbocycles. The highest BCUT2D eigenvalue weighted by Crippen LogP contribution is 2.48. The molecule has 0 aromatic heterocycles. The number of benzene rings is 2. The summed E-state index contributed by atoms with van der Waals surface area (Å²) in [5.74, 6) is 4.97. The van der Waals surface area contributed by atoms with Gasteiger partial charge in [-0.1, -0.05) is 97.1 Å². The van der Waals surface area contributed by atoms with E-state index in [4.69, 9.17) is 0 Å². The van der Waals surface area contributed by atoms with Crippen LogP contribution in [0.2, 0.25) is 0 Å². The van der Waals surface area contributed by atoms with Gasteiger partial charge in [0.25, 0.3) is 0 Å². The Kier molecular flexibility index (Phi) is 5.93. The summed E-state index contributed by atoms with van der Waals surface area (Å²) < 4.78 is 0. The van der Waals surface area contributed by atoms with Gasteiger partial charge in [-0.25, -0.2) is 0 Å². The average Bonchev–Trinajstić information content (AvgIpc) is 3.67. The maximum absolute atomic E-state index is 2.38. The molecule has 2 aromatic rings. The monoisotopic (exact) mass is 432 g/mol. The molecular formula is C33H36. The van der Waals surface area contributed by atoms with E-state index in [0.717, 1.165) is 35.5 Å². The summed E-state index contributed by atoms with van der Waals surface area (Å²) in [4.78, 5) is 0. The molecule has 1 saturated carbocycles. The number of allylic oxidation sites excluding steroid dienone is 8. The summed E-state index contributed by atoms with van der Waals surface area (Å²) in [6.45, 7) is 0. The second kappa shape index (κ2) is 9.34. The summed E-state index contributed by atoms with van der Waals surface area (Å²) in [7, 11) is 0. The molecule has 0 saturated heterocycles. The topological polar surface area (TPSA) is 0 Å². The van der Waals surface area contributed by atoms with Gasteiger partial charge in [0.1, 0.15) is 0 Å². The van der Waals surface area contributed by atoms with Gasteiger partial charge in [-0.15, -0.1) is 0 Å². The zero-order valence-corrected chi connectivity index (χ0v) is 19.7. The average molecular weight is 433 g/mol. The predicted molar refractivity (Wildman–Crippen MR) is 140 cm³/mol. The maximum atomic E-state index is 2.38. The lowest BCUT2D eigenvalue weighted by Crippen LogP contribution is -1.90. The van der Waals surface area contributed by atoms with Crippen LogP contribution in [0.1, 0.15) is 90.9 Å². The van der Waals surface area contributed by atoms with Crippen LogP contribution in [0.15, 0.2) is 97.1 Å². The van der Waals surface area contributed by atoms with E-state index in [-0.39, 0.29) is 0 Å². The molecule has 0 aliphatic heterocycles. The highest BCUT2D eigenvalue weighted by molar-refractivity contribution is 5.48. The lowest BCUT2D eigenvalue weighted by molar-refractivity contribution is 0.691. The van der Waals surface area contributed by atoms with Gasteiger partial charge in [-0.3, -0.25) is 0 Å². The Labute approximate surface area is 199 Å². The van der Waals surface area contributed by atoms with Crippen molar-refractivity contribution in [2.75, 3.05) is 0 Å². The van der Waals surface area contributed by atoms with E-state index < -0.39 is 0 Å². The van der Waals surface area contributed by atoms with E-state index in [9.17, 15) is 0 Å². The molecule has 0 heterocycles. The van der Waals surface area contributed by atoms with Crippen LogP contribution in [0.4, 0.5) is 0 Å². The van der Waals surface area contributed by atoms with Crippen LogP contribution in [0, 0.1) is 11.8 Å². The third-order valence-corrected chi connectivity index (χ3v) is 8.59. The largest absolute Gasteiger partial charge is 0.0882 e. The van der Waals surface area contributed by atoms with E-state index in [0.29, 0.717) is 0 Å². The second-order valence-corrected chi connectivity index (χ2v) is 10.7. The van der Waals surface area contributed by atoms with Crippen molar-refractivity contribution < 1.29 is 0 Å². The van der Waals surface area contributed by atoms with Gasteiger partial charge < -0.3 is 0 Å². The second-order valence-electron chi connectivity index (χ2n) is 10.7. The molecule has 1 fully saturated rings. The number of hydrogen-bond donors (Lipinski definition) is 0. The minimum Gasteiger partial charge on any atom is -0.0882 e. The lowest BCUT2D eigenvalue weighted by atomic mass is 9.97. The number of hydrogen-bond acceptors (Lipinski definition) is 0. The molecule has 0 spiro atoms. The molecule has 168 valence electrons. The van der Waals surface area contributed by atoms with E-state index >= 15 is 0 Å². The van der Waals surface area contributed by atoms with Crippen LogP contribution >= 0.6 is 0 Å². The Hall–Kier alpha value is -2.60. The third-order valence-electron chi connectivity index (χ3n) is 8.59. The zero-order valence-electron chi connectivity index (χ0n) is 19.7. The molecule has 6 atom stereocenters. The highest BCUT2D eigenvalue weighted by Gasteiger charge is 2.32. The first-order chi connectivity index (χ1) is 16.3. The fourth-order valence-corrected chi connectivity index (χ4v) is 6.58. The van der Waals surface area contributed by atoms with Gasteiger partial charge in [0.15, 0.2) is 0 Å². The van der Waals surface area contributed by atoms with E-state index in [1.165, 1.54) is 44.9 Å². The maximum Gasteiger partial charge on any atom is 0.00299 e. The van der Waals surface area contributed by atoms with Crippen LogP contribution in [-0.4, -0.2) is 0 Å². The molecule has 0 heteroatoms. The van der Waals surface area contributed by atoms with Crippen molar-refractivity contribution in [2.24, 2.45) is 11.8 Å². The molecule has 0 amide bonds. The van der Waals surface area contributed by atoms with Crippen LogP contribution in [0.25, 0.3) is 0 Å². The zero-order chi connectivity index (χ0) is 22.0. The van der Waals surface area contributed by atoms with Crippen molar-refractivity contribution in [1.82, 2.24) is 0 Å². The van der Waals surface area contributed by atoms with Crippen molar-refractivity contribution >= 4 is 0 Å². The Morgan fingerprint density at radius 3 is 0.970 bits per heavy atom. The van der Waals surface area contributed by atoms with Gasteiger partial charge in [0, 0.05) is 23.7 Å². The van der Waals surface area contributed by atoms with Crippen LogP contribution in [0.5, 0.6) is 0 Å². The standard InChI is InChI=1S/2C11H10.C7H10.C4H6/c2*1-2-4-11-9-6-5-8(7-9)10(11)3-1;1-2-7-4-3-6(1)5-7;1-2-4-3-1/h2*1-6,8-9H,7H2;1-2,6-7H,3-5H2;1-2H,3-4H2. The first-order valence-electron chi connectivity index (χ1n) is 13.2. The van der Waals surface area contributed by atoms with Crippen molar-refractivity contribution in [2.45, 2.75) is 68.6 Å². The predicted octanol–water partition coefficient (Wildman–Crippen LogP) is 8.96. The third kappa shape index (κ3) is 4.33. The molecule has 0 radical (unpaired) electrons. The molecular weight excluding hydrogens is 396 g/mol. The van der Waals surface area contributed by atoms with Gasteiger partial charge in [-0.2, -0.15) is 0 Å². The molecule has 33 heavy (non-hydrogen) atoms. The number of fused-ring (bicyclic) bond motifs is 12. The lowest BCUT2D eigenvalue weighted by Gasteiger charge is -2.08. The minimum absolute atomic E-state index is 0.746. The summed E-state index contributed by atoms with van der Waals surface area (Å²) in [5.41, 5.74) is 6.28. The normalized spacial score (nSPS) is 32.7. The van der Waals surface area contributed by atoms with E-state index in [1.807, 2.05) is 0 Å². The van der Waals surface area contributed by atoms with Gasteiger partial charge in [-0.05, 0) is 79.0 Å². The first kappa shape index (κ1) is 21.0. The summed E-state index contributed by atoms with van der Waals surface area (Å²) >= 11 is 0. The van der Waals surface area contributed by atoms with E-state index in [1.54, 1.807) is 22.3 Å². The van der Waals surface area contributed by atoms with Crippen molar-refractivity contribution in [3.63, 3.8) is 0 Å². The minimum atomic E-state index is 0.746. The Morgan fingerprint density at radius 1 is 0.424 bits per heavy atom. The molecule has 0 nitrogen and oxygen atoms in total. The molecule has 2 aromatic carbocycles. The van der Waals surface area contributed by atoms with Crippen molar-refractivity contribution in [3.05, 3.63) is 119 Å². The summed E-state index contributed by atoms with van der Waals surface area (Å²) in [5, 5.41) is 0. The molecule has 0 N–H and O–H groups in total. The van der Waals surface area contributed by atoms with Crippen LogP contribution in [0.3, 0.4) is 0 Å². The van der Waals surface area contributed by atoms with Gasteiger partial charge in [0.2, 0.25) is 0 Å². The molecule has 9 rings (SSSR count). The molecule has 6 unspecified atom stereocenters. The van der Waals surface area contributed by atoms with Gasteiger partial charge >= 0.3 is 0 Å². The van der Waals surface area contributed by atoms with Crippen molar-refractivity contribution in [3.8, 4) is 0 Å². The Balaban J connectivity index is 0.0000000883. The van der Waals surface area contributed by atoms with E-state index in [2.05, 4.69) is 97.1 Å². The SMILES string of the molecule is C1=CC2CC1c1ccccc12.C1=CC2CC1c1ccccc12.C1=CC2CCC1C2.C1=CCC1. The Bertz CT molecular complexity index is 949. The molecule has 7 aliphatic rings. The Morgan fingerprint density at radius 2 is 0.758 bits per heavy atom. The van der Waals surface area contributed by atoms with Crippen LogP contribution in [-0.2, 0) is 0 Å². The summed E-state index contributed by atoms with van der Waals surface area (Å²) in [6.07, 6.45) is 28.3. The highest BCUT2D eigenvalue weighted by atomic mass is 14.4. The first-order valence-corrected chi connectivity index (χ1v) is 13.2.